The van der Waals surface area contributed by atoms with E-state index >= 15 is 0 Å². The smallest absolute Gasteiger partial charge is 0.338 e. The lowest BCUT2D eigenvalue weighted by Crippen LogP contribution is -2.40. The molecule has 1 aromatic carbocycles. The van der Waals surface area contributed by atoms with Crippen LogP contribution in [-0.2, 0) is 9.53 Å². The second-order valence-electron chi connectivity index (χ2n) is 7.32. The predicted octanol–water partition coefficient (Wildman–Crippen LogP) is 4.41. The van der Waals surface area contributed by atoms with Crippen LogP contribution in [0.5, 0.6) is 5.75 Å². The van der Waals surface area contributed by atoms with Crippen LogP contribution in [-0.4, -0.2) is 24.3 Å². The van der Waals surface area contributed by atoms with E-state index in [1.807, 2.05) is 48.7 Å². The van der Waals surface area contributed by atoms with Gasteiger partial charge in [-0.25, -0.2) is 9.79 Å². The standard InChI is InChI=1S/C24H23BrN2O4S2/c1-4-7-17-20(23(29)31-5-2)21(16-12-14(25)9-10-18(16)30-3)27-22(28)19(33-24(27)26-17)13-15-8-6-11-32-15/h6,8-13,21H,4-5,7H2,1-3H3/b19-13+/t21-/m0/s1. The molecule has 1 aliphatic heterocycles. The number of ether oxygens (including phenoxy) is 2. The van der Waals surface area contributed by atoms with Gasteiger partial charge in [-0.15, -0.1) is 11.3 Å². The van der Waals surface area contributed by atoms with Gasteiger partial charge in [-0.1, -0.05) is 46.7 Å². The first-order chi connectivity index (χ1) is 16.0. The van der Waals surface area contributed by atoms with Crippen LogP contribution in [0, 0.1) is 0 Å². The molecule has 0 N–H and O–H groups in total. The minimum atomic E-state index is -0.709. The highest BCUT2D eigenvalue weighted by atomic mass is 79.9. The highest BCUT2D eigenvalue weighted by molar-refractivity contribution is 9.10. The summed E-state index contributed by atoms with van der Waals surface area (Å²) < 4.78 is 14.1. The fraction of sp³-hybridized carbons (Fsp3) is 0.292. The lowest BCUT2D eigenvalue weighted by molar-refractivity contribution is -0.139. The number of hydrogen-bond donors (Lipinski definition) is 0. The van der Waals surface area contributed by atoms with Gasteiger partial charge >= 0.3 is 5.97 Å². The Hall–Kier alpha value is -2.49. The molecule has 0 amide bonds. The molecule has 3 heterocycles. The van der Waals surface area contributed by atoms with Gasteiger partial charge in [-0.2, -0.15) is 0 Å². The number of nitrogens with zero attached hydrogens (tertiary/aromatic N) is 2. The van der Waals surface area contributed by atoms with Crippen molar-refractivity contribution in [1.82, 2.24) is 4.57 Å². The third kappa shape index (κ3) is 4.62. The Bertz CT molecular complexity index is 1390. The molecular weight excluding hydrogens is 524 g/mol. The van der Waals surface area contributed by atoms with Crippen molar-refractivity contribution < 1.29 is 14.3 Å². The van der Waals surface area contributed by atoms with Crippen molar-refractivity contribution in [2.45, 2.75) is 32.7 Å². The molecular formula is C24H23BrN2O4S2. The van der Waals surface area contributed by atoms with Crippen molar-refractivity contribution in [1.29, 1.82) is 0 Å². The van der Waals surface area contributed by atoms with Gasteiger partial charge in [0, 0.05) is 14.9 Å². The Kier molecular flexibility index (Phi) is 7.31. The van der Waals surface area contributed by atoms with Crippen molar-refractivity contribution in [3.8, 4) is 5.75 Å². The topological polar surface area (TPSA) is 69.9 Å². The molecule has 0 bridgehead atoms. The van der Waals surface area contributed by atoms with E-state index in [1.165, 1.54) is 11.3 Å². The lowest BCUT2D eigenvalue weighted by Gasteiger charge is -2.27. The maximum atomic E-state index is 13.7. The molecule has 0 spiro atoms. The van der Waals surface area contributed by atoms with E-state index in [4.69, 9.17) is 14.5 Å². The van der Waals surface area contributed by atoms with Gasteiger partial charge in [0.15, 0.2) is 4.80 Å². The predicted molar refractivity (Wildman–Crippen MR) is 135 cm³/mol. The molecule has 0 aliphatic carbocycles. The summed E-state index contributed by atoms with van der Waals surface area (Å²) in [7, 11) is 1.58. The van der Waals surface area contributed by atoms with Gasteiger partial charge in [-0.3, -0.25) is 9.36 Å². The van der Waals surface area contributed by atoms with Crippen molar-refractivity contribution in [3.05, 3.63) is 81.6 Å². The Labute approximate surface area is 207 Å². The van der Waals surface area contributed by atoms with Crippen molar-refractivity contribution in [2.24, 2.45) is 4.99 Å². The summed E-state index contributed by atoms with van der Waals surface area (Å²) in [4.78, 5) is 33.2. The first-order valence-electron chi connectivity index (χ1n) is 10.6. The van der Waals surface area contributed by atoms with Crippen LogP contribution in [0.1, 0.15) is 43.2 Å². The quantitative estimate of drug-likeness (QED) is 0.411. The number of carbonyl (C=O) groups excluding carboxylic acids is 1. The van der Waals surface area contributed by atoms with Gasteiger partial charge in [0.2, 0.25) is 0 Å². The number of thiophene rings is 1. The number of benzene rings is 1. The molecule has 0 unspecified atom stereocenters. The van der Waals surface area contributed by atoms with Crippen LogP contribution in [0.3, 0.4) is 0 Å². The number of esters is 1. The number of methoxy groups -OCH3 is 1. The molecule has 3 aromatic rings. The third-order valence-corrected chi connectivity index (χ3v) is 7.49. The number of halogens is 1. The van der Waals surface area contributed by atoms with E-state index in [1.54, 1.807) is 29.9 Å². The van der Waals surface area contributed by atoms with E-state index in [0.717, 1.165) is 15.8 Å². The Morgan fingerprint density at radius 1 is 1.30 bits per heavy atom. The number of thiazole rings is 1. The largest absolute Gasteiger partial charge is 0.496 e. The maximum absolute atomic E-state index is 13.7. The minimum Gasteiger partial charge on any atom is -0.496 e. The minimum absolute atomic E-state index is 0.198. The monoisotopic (exact) mass is 546 g/mol. The fourth-order valence-corrected chi connectivity index (χ4v) is 5.96. The Morgan fingerprint density at radius 3 is 2.79 bits per heavy atom. The number of carbonyl (C=O) groups is 1. The fourth-order valence-electron chi connectivity index (χ4n) is 3.84. The summed E-state index contributed by atoms with van der Waals surface area (Å²) in [6.45, 7) is 4.03. The zero-order valence-electron chi connectivity index (χ0n) is 18.5. The van der Waals surface area contributed by atoms with Crippen molar-refractivity contribution in [2.75, 3.05) is 13.7 Å². The van der Waals surface area contributed by atoms with Crippen LogP contribution >= 0.6 is 38.6 Å². The zero-order valence-corrected chi connectivity index (χ0v) is 21.7. The van der Waals surface area contributed by atoms with Gasteiger partial charge in [0.1, 0.15) is 11.8 Å². The second-order valence-corrected chi connectivity index (χ2v) is 10.2. The third-order valence-electron chi connectivity index (χ3n) is 5.20. The molecule has 9 heteroatoms. The van der Waals surface area contributed by atoms with Gasteiger partial charge < -0.3 is 9.47 Å². The number of allylic oxidation sites excluding steroid dienone is 1. The Balaban J connectivity index is 2.06. The van der Waals surface area contributed by atoms with Gasteiger partial charge in [-0.05, 0) is 49.1 Å². The molecule has 0 saturated heterocycles. The second kappa shape index (κ2) is 10.2. The van der Waals surface area contributed by atoms with Crippen LogP contribution < -0.4 is 19.6 Å². The van der Waals surface area contributed by atoms with E-state index < -0.39 is 12.0 Å². The molecule has 2 aromatic heterocycles. The molecule has 33 heavy (non-hydrogen) atoms. The summed E-state index contributed by atoms with van der Waals surface area (Å²) >= 11 is 6.42. The average Bonchev–Trinajstić information content (AvgIpc) is 3.41. The first kappa shape index (κ1) is 23.7. The normalized spacial score (nSPS) is 15.9. The summed E-state index contributed by atoms with van der Waals surface area (Å²) in [6.07, 6.45) is 3.27. The van der Waals surface area contributed by atoms with Crippen LogP contribution in [0.25, 0.3) is 6.08 Å². The molecule has 4 rings (SSSR count). The molecule has 0 fully saturated rings. The maximum Gasteiger partial charge on any atom is 0.338 e. The van der Waals surface area contributed by atoms with E-state index in [-0.39, 0.29) is 12.2 Å². The average molecular weight is 547 g/mol. The summed E-state index contributed by atoms with van der Waals surface area (Å²) in [6, 6.07) is 8.77. The van der Waals surface area contributed by atoms with Crippen molar-refractivity contribution >= 4 is 50.6 Å². The van der Waals surface area contributed by atoms with E-state index in [2.05, 4.69) is 15.9 Å². The summed E-state index contributed by atoms with van der Waals surface area (Å²) in [5.41, 5.74) is 1.52. The summed E-state index contributed by atoms with van der Waals surface area (Å²) in [5.74, 6) is 0.111. The molecule has 172 valence electrons. The van der Waals surface area contributed by atoms with E-state index in [9.17, 15) is 9.59 Å². The van der Waals surface area contributed by atoms with Gasteiger partial charge in [0.05, 0.1) is 29.5 Å². The highest BCUT2D eigenvalue weighted by Crippen LogP contribution is 2.38. The number of rotatable bonds is 7. The SMILES string of the molecule is CCCC1=C(C(=O)OCC)[C@H](c2cc(Br)ccc2OC)n2c(s/c(=C/c3cccs3)c2=O)=N1. The molecule has 0 radical (unpaired) electrons. The number of aromatic nitrogens is 1. The number of fused-ring (bicyclic) bond motifs is 1. The zero-order chi connectivity index (χ0) is 23.5. The summed E-state index contributed by atoms with van der Waals surface area (Å²) in [5, 5.41) is 1.97. The number of hydrogen-bond acceptors (Lipinski definition) is 7. The molecule has 1 atom stereocenters. The Morgan fingerprint density at radius 2 is 2.12 bits per heavy atom. The van der Waals surface area contributed by atoms with E-state index in [0.29, 0.717) is 38.3 Å². The molecule has 6 nitrogen and oxygen atoms in total. The first-order valence-corrected chi connectivity index (χ1v) is 13.1. The van der Waals surface area contributed by atoms with Gasteiger partial charge in [0.25, 0.3) is 5.56 Å². The highest BCUT2D eigenvalue weighted by Gasteiger charge is 2.36. The molecule has 0 saturated carbocycles. The van der Waals surface area contributed by atoms with Crippen LogP contribution in [0.15, 0.2) is 61.2 Å². The van der Waals surface area contributed by atoms with Crippen LogP contribution in [0.2, 0.25) is 0 Å². The lowest BCUT2D eigenvalue weighted by atomic mass is 9.93. The van der Waals surface area contributed by atoms with Crippen molar-refractivity contribution in [3.63, 3.8) is 0 Å². The van der Waals surface area contributed by atoms with Crippen LogP contribution in [0.4, 0.5) is 0 Å². The molecule has 1 aliphatic rings.